The van der Waals surface area contributed by atoms with Crippen molar-refractivity contribution in [3.63, 3.8) is 0 Å². The van der Waals surface area contributed by atoms with Crippen LogP contribution in [0.25, 0.3) is 0 Å². The second kappa shape index (κ2) is 5.85. The topological polar surface area (TPSA) is 46.2 Å². The average Bonchev–Trinajstić information content (AvgIpc) is 2.41. The van der Waals surface area contributed by atoms with Crippen LogP contribution in [0.1, 0.15) is 50.5 Å². The molecule has 3 N–H and O–H groups in total. The molecule has 1 aromatic carbocycles. The second-order valence-electron chi connectivity index (χ2n) is 5.91. The number of aliphatic hydroxyl groups is 1. The molecule has 2 heteroatoms. The van der Waals surface area contributed by atoms with Crippen molar-refractivity contribution in [1.82, 2.24) is 0 Å². The molecule has 1 aromatic rings. The maximum Gasteiger partial charge on any atom is 0.0674 e. The van der Waals surface area contributed by atoms with Gasteiger partial charge in [-0.2, -0.15) is 0 Å². The maximum atomic E-state index is 10.8. The van der Waals surface area contributed by atoms with Crippen LogP contribution >= 0.6 is 0 Å². The molecule has 0 aromatic heterocycles. The summed E-state index contributed by atoms with van der Waals surface area (Å²) in [6.07, 6.45) is 5.69. The van der Waals surface area contributed by atoms with Gasteiger partial charge in [0.25, 0.3) is 0 Å². The van der Waals surface area contributed by atoms with Gasteiger partial charge in [0.05, 0.1) is 6.10 Å². The predicted octanol–water partition coefficient (Wildman–Crippen LogP) is 3.06. The Balaban J connectivity index is 2.17. The molecule has 0 amide bonds. The minimum atomic E-state index is -0.329. The molecule has 1 aliphatic carbocycles. The summed E-state index contributed by atoms with van der Waals surface area (Å²) in [7, 11) is 0. The number of hydrogen-bond acceptors (Lipinski definition) is 2. The number of aliphatic hydroxyl groups excluding tert-OH is 1. The van der Waals surface area contributed by atoms with E-state index in [4.69, 9.17) is 5.73 Å². The van der Waals surface area contributed by atoms with E-state index in [1.807, 2.05) is 18.2 Å². The van der Waals surface area contributed by atoms with Crippen LogP contribution in [-0.2, 0) is 0 Å². The molecule has 1 saturated carbocycles. The quantitative estimate of drug-likeness (QED) is 0.859. The van der Waals surface area contributed by atoms with Crippen molar-refractivity contribution < 1.29 is 5.11 Å². The molecule has 1 fully saturated rings. The fourth-order valence-electron chi connectivity index (χ4n) is 3.29. The fraction of sp³-hybridized carbons (Fsp3) is 0.625. The van der Waals surface area contributed by atoms with Gasteiger partial charge in [-0.05, 0) is 23.8 Å². The largest absolute Gasteiger partial charge is 0.392 e. The van der Waals surface area contributed by atoms with Crippen molar-refractivity contribution in [3.8, 4) is 0 Å². The van der Waals surface area contributed by atoms with E-state index in [1.54, 1.807) is 0 Å². The summed E-state index contributed by atoms with van der Waals surface area (Å²) < 4.78 is 0. The molecule has 0 spiro atoms. The second-order valence-corrected chi connectivity index (χ2v) is 5.91. The SMILES string of the molecule is CC1(C(O)C(CN)c2ccccc2)CCCCC1. The minimum absolute atomic E-state index is 0.0398. The lowest BCUT2D eigenvalue weighted by atomic mass is 9.67. The van der Waals surface area contributed by atoms with E-state index in [1.165, 1.54) is 24.8 Å². The Hall–Kier alpha value is -0.860. The predicted molar refractivity (Wildman–Crippen MR) is 75.4 cm³/mol. The zero-order valence-corrected chi connectivity index (χ0v) is 11.3. The average molecular weight is 247 g/mol. The summed E-state index contributed by atoms with van der Waals surface area (Å²) in [4.78, 5) is 0. The number of benzene rings is 1. The molecular weight excluding hydrogens is 222 g/mol. The first kappa shape index (κ1) is 13.6. The van der Waals surface area contributed by atoms with Gasteiger partial charge in [0.2, 0.25) is 0 Å². The molecule has 2 rings (SSSR count). The molecular formula is C16H25NO. The van der Waals surface area contributed by atoms with E-state index in [0.717, 1.165) is 12.8 Å². The smallest absolute Gasteiger partial charge is 0.0674 e. The van der Waals surface area contributed by atoms with Gasteiger partial charge in [0.1, 0.15) is 0 Å². The highest BCUT2D eigenvalue weighted by Gasteiger charge is 2.38. The molecule has 2 nitrogen and oxygen atoms in total. The zero-order valence-electron chi connectivity index (χ0n) is 11.3. The van der Waals surface area contributed by atoms with Crippen LogP contribution < -0.4 is 5.73 Å². The molecule has 0 saturated heterocycles. The van der Waals surface area contributed by atoms with Crippen LogP contribution in [0.15, 0.2) is 30.3 Å². The number of rotatable bonds is 4. The summed E-state index contributed by atoms with van der Waals surface area (Å²) in [5.74, 6) is 0.0642. The lowest BCUT2D eigenvalue weighted by molar-refractivity contribution is -0.00749. The lowest BCUT2D eigenvalue weighted by Crippen LogP contribution is -2.41. The van der Waals surface area contributed by atoms with Crippen molar-refractivity contribution in [1.29, 1.82) is 0 Å². The molecule has 2 atom stereocenters. The van der Waals surface area contributed by atoms with Crippen molar-refractivity contribution in [2.45, 2.75) is 51.0 Å². The molecule has 2 unspecified atom stereocenters. The van der Waals surface area contributed by atoms with E-state index < -0.39 is 0 Å². The van der Waals surface area contributed by atoms with E-state index >= 15 is 0 Å². The standard InChI is InChI=1S/C16H25NO/c1-16(10-6-3-7-11-16)15(18)14(12-17)13-8-4-2-5-9-13/h2,4-5,8-9,14-15,18H,3,6-7,10-12,17H2,1H3. The summed E-state index contributed by atoms with van der Waals surface area (Å²) in [5.41, 5.74) is 7.12. The van der Waals surface area contributed by atoms with Gasteiger partial charge in [-0.3, -0.25) is 0 Å². The monoisotopic (exact) mass is 247 g/mol. The molecule has 18 heavy (non-hydrogen) atoms. The molecule has 1 aliphatic rings. The summed E-state index contributed by atoms with van der Waals surface area (Å²) >= 11 is 0. The molecule has 100 valence electrons. The van der Waals surface area contributed by atoms with Crippen molar-refractivity contribution in [2.75, 3.05) is 6.54 Å². The van der Waals surface area contributed by atoms with Crippen LogP contribution in [0.2, 0.25) is 0 Å². The Kier molecular flexibility index (Phi) is 4.41. The van der Waals surface area contributed by atoms with Crippen LogP contribution in [-0.4, -0.2) is 17.8 Å². The first-order chi connectivity index (χ1) is 8.67. The van der Waals surface area contributed by atoms with Gasteiger partial charge < -0.3 is 10.8 Å². The summed E-state index contributed by atoms with van der Waals surface area (Å²) in [6, 6.07) is 10.2. The van der Waals surface area contributed by atoms with Crippen molar-refractivity contribution in [2.24, 2.45) is 11.1 Å². The van der Waals surface area contributed by atoms with E-state index in [-0.39, 0.29) is 17.4 Å². The van der Waals surface area contributed by atoms with Crippen LogP contribution in [0.3, 0.4) is 0 Å². The first-order valence-electron chi connectivity index (χ1n) is 7.10. The Morgan fingerprint density at radius 1 is 1.17 bits per heavy atom. The van der Waals surface area contributed by atoms with Gasteiger partial charge in [-0.25, -0.2) is 0 Å². The third kappa shape index (κ3) is 2.76. The van der Waals surface area contributed by atoms with E-state index in [2.05, 4.69) is 19.1 Å². The highest BCUT2D eigenvalue weighted by atomic mass is 16.3. The molecule has 0 aliphatic heterocycles. The zero-order chi connectivity index (χ0) is 13.0. The van der Waals surface area contributed by atoms with Crippen LogP contribution in [0, 0.1) is 5.41 Å². The van der Waals surface area contributed by atoms with Gasteiger partial charge in [0, 0.05) is 12.5 Å². The molecule has 0 heterocycles. The molecule has 0 bridgehead atoms. The Morgan fingerprint density at radius 3 is 2.33 bits per heavy atom. The van der Waals surface area contributed by atoms with Crippen LogP contribution in [0.5, 0.6) is 0 Å². The summed E-state index contributed by atoms with van der Waals surface area (Å²) in [5, 5.41) is 10.8. The third-order valence-corrected chi connectivity index (χ3v) is 4.57. The van der Waals surface area contributed by atoms with Crippen molar-refractivity contribution >= 4 is 0 Å². The Bertz CT molecular complexity index is 357. The first-order valence-corrected chi connectivity index (χ1v) is 7.10. The lowest BCUT2D eigenvalue weighted by Gasteiger charge is -2.41. The van der Waals surface area contributed by atoms with Gasteiger partial charge >= 0.3 is 0 Å². The third-order valence-electron chi connectivity index (χ3n) is 4.57. The highest BCUT2D eigenvalue weighted by Crippen LogP contribution is 2.43. The maximum absolute atomic E-state index is 10.8. The van der Waals surface area contributed by atoms with Gasteiger partial charge in [0.15, 0.2) is 0 Å². The fourth-order valence-corrected chi connectivity index (χ4v) is 3.29. The van der Waals surface area contributed by atoms with E-state index in [0.29, 0.717) is 6.54 Å². The van der Waals surface area contributed by atoms with Crippen LogP contribution in [0.4, 0.5) is 0 Å². The Labute approximate surface area is 110 Å². The summed E-state index contributed by atoms with van der Waals surface area (Å²) in [6.45, 7) is 2.74. The minimum Gasteiger partial charge on any atom is -0.392 e. The van der Waals surface area contributed by atoms with E-state index in [9.17, 15) is 5.11 Å². The number of nitrogens with two attached hydrogens (primary N) is 1. The van der Waals surface area contributed by atoms with Gasteiger partial charge in [-0.15, -0.1) is 0 Å². The normalized spacial score (nSPS) is 22.4. The highest BCUT2D eigenvalue weighted by molar-refractivity contribution is 5.22. The van der Waals surface area contributed by atoms with Gasteiger partial charge in [-0.1, -0.05) is 56.5 Å². The Morgan fingerprint density at radius 2 is 1.78 bits per heavy atom. The number of hydrogen-bond donors (Lipinski definition) is 2. The van der Waals surface area contributed by atoms with Crippen molar-refractivity contribution in [3.05, 3.63) is 35.9 Å². The molecule has 0 radical (unpaired) electrons.